The van der Waals surface area contributed by atoms with Gasteiger partial charge in [0, 0.05) is 68.3 Å². The Balaban J connectivity index is 1.47. The fourth-order valence-electron chi connectivity index (χ4n) is 4.61. The first-order valence-corrected chi connectivity index (χ1v) is 11.2. The van der Waals surface area contributed by atoms with Gasteiger partial charge in [0.2, 0.25) is 0 Å². The Kier molecular flexibility index (Phi) is 5.44. The lowest BCUT2D eigenvalue weighted by atomic mass is 10.0. The van der Waals surface area contributed by atoms with Gasteiger partial charge in [-0.25, -0.2) is 22.5 Å². The fourth-order valence-corrected chi connectivity index (χ4v) is 4.61. The molecule has 0 aromatic carbocycles. The molecule has 7 nitrogen and oxygen atoms in total. The van der Waals surface area contributed by atoms with Gasteiger partial charge in [0.05, 0.1) is 11.9 Å². The summed E-state index contributed by atoms with van der Waals surface area (Å²) in [5, 5.41) is 4.47. The first-order chi connectivity index (χ1) is 16.1. The predicted octanol–water partition coefficient (Wildman–Crippen LogP) is 3.84. The molecule has 34 heavy (non-hydrogen) atoms. The van der Waals surface area contributed by atoms with Crippen LogP contribution in [0.15, 0.2) is 23.1 Å². The maximum absolute atomic E-state index is 13.6. The SMILES string of the molecule is Cc1c(N2CCc3ncc(N4CCC(F)(F)CC4)cc3C2)nn2c(=O)cc(C(F)F)nc2c1C. The number of pyridine rings is 1. The maximum atomic E-state index is 13.6. The summed E-state index contributed by atoms with van der Waals surface area (Å²) >= 11 is 0. The molecule has 1 saturated heterocycles. The lowest BCUT2D eigenvalue weighted by Gasteiger charge is -2.35. The Hall–Kier alpha value is -3.24. The zero-order chi connectivity index (χ0) is 24.2. The van der Waals surface area contributed by atoms with Crippen LogP contribution in [-0.2, 0) is 13.0 Å². The van der Waals surface area contributed by atoms with Crippen LogP contribution in [0.3, 0.4) is 0 Å². The molecule has 2 aliphatic rings. The summed E-state index contributed by atoms with van der Waals surface area (Å²) in [4.78, 5) is 25.0. The van der Waals surface area contributed by atoms with E-state index in [1.165, 1.54) is 0 Å². The highest BCUT2D eigenvalue weighted by molar-refractivity contribution is 5.60. The van der Waals surface area contributed by atoms with Crippen molar-refractivity contribution in [3.63, 3.8) is 0 Å². The van der Waals surface area contributed by atoms with E-state index in [9.17, 15) is 22.4 Å². The van der Waals surface area contributed by atoms with Crippen LogP contribution in [0.2, 0.25) is 0 Å². The molecule has 11 heteroatoms. The molecule has 0 bridgehead atoms. The van der Waals surface area contributed by atoms with Gasteiger partial charge in [-0.2, -0.15) is 4.52 Å². The van der Waals surface area contributed by atoms with Crippen molar-refractivity contribution in [3.8, 4) is 0 Å². The number of rotatable bonds is 3. The first kappa shape index (κ1) is 22.5. The van der Waals surface area contributed by atoms with Crippen LogP contribution in [0.4, 0.5) is 29.1 Å². The number of fused-ring (bicyclic) bond motifs is 2. The van der Waals surface area contributed by atoms with Gasteiger partial charge in [-0.3, -0.25) is 9.78 Å². The number of aromatic nitrogens is 4. The second kappa shape index (κ2) is 8.21. The third-order valence-corrected chi connectivity index (χ3v) is 6.75. The Morgan fingerprint density at radius 3 is 2.47 bits per heavy atom. The number of nitrogens with zero attached hydrogens (tertiary/aromatic N) is 6. The highest BCUT2D eigenvalue weighted by Crippen LogP contribution is 2.33. The maximum Gasteiger partial charge on any atom is 0.280 e. The second-order valence-electron chi connectivity index (χ2n) is 8.94. The highest BCUT2D eigenvalue weighted by atomic mass is 19.3. The molecular weight excluding hydrogens is 452 g/mol. The number of anilines is 2. The standard InChI is InChI=1S/C23H24F4N6O/c1-13-14(2)22(30-33-19(34)10-18(20(24)25)29-21(13)33)32-6-3-17-15(12-32)9-16(11-28-17)31-7-4-23(26,27)5-8-31/h9-11,20H,3-8,12H2,1-2H3. The summed E-state index contributed by atoms with van der Waals surface area (Å²) in [6, 6.07) is 2.80. The van der Waals surface area contributed by atoms with E-state index < -0.39 is 23.6 Å². The van der Waals surface area contributed by atoms with Gasteiger partial charge < -0.3 is 9.80 Å². The van der Waals surface area contributed by atoms with E-state index in [0.29, 0.717) is 30.9 Å². The Morgan fingerprint density at radius 1 is 1.03 bits per heavy atom. The van der Waals surface area contributed by atoms with Gasteiger partial charge in [0.1, 0.15) is 5.69 Å². The number of hydrogen-bond acceptors (Lipinski definition) is 6. The van der Waals surface area contributed by atoms with Gasteiger partial charge in [0.25, 0.3) is 17.9 Å². The van der Waals surface area contributed by atoms with Crippen molar-refractivity contribution >= 4 is 17.2 Å². The molecule has 0 amide bonds. The van der Waals surface area contributed by atoms with Gasteiger partial charge in [-0.05, 0) is 25.5 Å². The minimum Gasteiger partial charge on any atom is -0.370 e. The molecule has 0 spiro atoms. The molecule has 0 aliphatic carbocycles. The minimum atomic E-state index is -2.84. The van der Waals surface area contributed by atoms with Crippen molar-refractivity contribution in [3.05, 3.63) is 56.8 Å². The summed E-state index contributed by atoms with van der Waals surface area (Å²) < 4.78 is 54.5. The normalized spacial score (nSPS) is 18.0. The number of alkyl halides is 4. The van der Waals surface area contributed by atoms with Crippen LogP contribution in [-0.4, -0.2) is 45.1 Å². The monoisotopic (exact) mass is 476 g/mol. The van der Waals surface area contributed by atoms with Crippen LogP contribution in [0.1, 0.15) is 47.3 Å². The number of halogens is 4. The van der Waals surface area contributed by atoms with Gasteiger partial charge >= 0.3 is 0 Å². The Labute approximate surface area is 193 Å². The number of piperidine rings is 1. The van der Waals surface area contributed by atoms with Crippen molar-refractivity contribution in [1.82, 2.24) is 19.6 Å². The molecule has 5 rings (SSSR count). The molecule has 0 unspecified atom stereocenters. The van der Waals surface area contributed by atoms with Crippen molar-refractivity contribution in [2.45, 2.75) is 52.0 Å². The van der Waals surface area contributed by atoms with Crippen LogP contribution in [0, 0.1) is 13.8 Å². The quantitative estimate of drug-likeness (QED) is 0.536. The molecule has 3 aromatic heterocycles. The molecule has 0 atom stereocenters. The average Bonchev–Trinajstić information content (AvgIpc) is 2.80. The lowest BCUT2D eigenvalue weighted by Crippen LogP contribution is -2.39. The third kappa shape index (κ3) is 3.97. The van der Waals surface area contributed by atoms with E-state index in [1.807, 2.05) is 22.8 Å². The van der Waals surface area contributed by atoms with Gasteiger partial charge in [0.15, 0.2) is 11.5 Å². The minimum absolute atomic E-state index is 0.118. The Morgan fingerprint density at radius 2 is 1.76 bits per heavy atom. The molecule has 5 heterocycles. The predicted molar refractivity (Wildman–Crippen MR) is 119 cm³/mol. The van der Waals surface area contributed by atoms with Crippen LogP contribution in [0.25, 0.3) is 5.65 Å². The van der Waals surface area contributed by atoms with Crippen molar-refractivity contribution < 1.29 is 17.6 Å². The second-order valence-corrected chi connectivity index (χ2v) is 8.94. The van der Waals surface area contributed by atoms with Gasteiger partial charge in [-0.1, -0.05) is 0 Å². The molecule has 180 valence electrons. The van der Waals surface area contributed by atoms with Crippen LogP contribution in [0.5, 0.6) is 0 Å². The molecule has 0 saturated carbocycles. The van der Waals surface area contributed by atoms with Crippen LogP contribution < -0.4 is 15.4 Å². The molecule has 1 fully saturated rings. The van der Waals surface area contributed by atoms with Gasteiger partial charge in [-0.15, -0.1) is 5.10 Å². The molecule has 3 aromatic rings. The summed E-state index contributed by atoms with van der Waals surface area (Å²) in [5.74, 6) is -2.04. The van der Waals surface area contributed by atoms with E-state index >= 15 is 0 Å². The summed E-state index contributed by atoms with van der Waals surface area (Å²) in [7, 11) is 0. The highest BCUT2D eigenvalue weighted by Gasteiger charge is 2.34. The molecular formula is C23H24F4N6O. The van der Waals surface area contributed by atoms with E-state index in [4.69, 9.17) is 0 Å². The van der Waals surface area contributed by atoms with Crippen molar-refractivity contribution in [2.24, 2.45) is 0 Å². The average molecular weight is 476 g/mol. The molecule has 0 radical (unpaired) electrons. The van der Waals surface area contributed by atoms with Crippen molar-refractivity contribution in [2.75, 3.05) is 29.4 Å². The van der Waals surface area contributed by atoms with Crippen molar-refractivity contribution in [1.29, 1.82) is 0 Å². The molecule has 0 N–H and O–H groups in total. The van der Waals surface area contributed by atoms with E-state index in [-0.39, 0.29) is 31.6 Å². The molecule has 2 aliphatic heterocycles. The summed E-state index contributed by atoms with van der Waals surface area (Å²) in [6.45, 7) is 5.22. The zero-order valence-corrected chi connectivity index (χ0v) is 18.9. The number of hydrogen-bond donors (Lipinski definition) is 0. The smallest absolute Gasteiger partial charge is 0.280 e. The van der Waals surface area contributed by atoms with E-state index in [0.717, 1.165) is 33.1 Å². The number of aryl methyl sites for hydroxylation is 1. The fraction of sp³-hybridized carbons (Fsp3) is 0.478. The first-order valence-electron chi connectivity index (χ1n) is 11.2. The largest absolute Gasteiger partial charge is 0.370 e. The Bertz CT molecular complexity index is 1320. The van der Waals surface area contributed by atoms with Crippen LogP contribution >= 0.6 is 0 Å². The van der Waals surface area contributed by atoms with E-state index in [2.05, 4.69) is 15.1 Å². The zero-order valence-electron chi connectivity index (χ0n) is 18.9. The summed E-state index contributed by atoms with van der Waals surface area (Å²) in [5.41, 5.74) is 2.98. The third-order valence-electron chi connectivity index (χ3n) is 6.75. The van der Waals surface area contributed by atoms with E-state index in [1.54, 1.807) is 13.1 Å². The summed E-state index contributed by atoms with van der Waals surface area (Å²) in [6.07, 6.45) is -0.794. The topological polar surface area (TPSA) is 66.6 Å². The lowest BCUT2D eigenvalue weighted by molar-refractivity contribution is -0.0220.